The number of hydrogen-bond acceptors (Lipinski definition) is 6. The van der Waals surface area contributed by atoms with Crippen LogP contribution in [0.2, 0.25) is 0 Å². The van der Waals surface area contributed by atoms with Gasteiger partial charge in [0.15, 0.2) is 0 Å². The van der Waals surface area contributed by atoms with Crippen molar-refractivity contribution in [1.29, 1.82) is 0 Å². The Kier molecular flexibility index (Phi) is 6.70. The summed E-state index contributed by atoms with van der Waals surface area (Å²) in [5.74, 6) is 1.18. The minimum absolute atomic E-state index is 0.139. The quantitative estimate of drug-likeness (QED) is 0.408. The second-order valence-corrected chi connectivity index (χ2v) is 5.36. The van der Waals surface area contributed by atoms with Crippen molar-refractivity contribution in [2.75, 3.05) is 12.4 Å². The van der Waals surface area contributed by atoms with E-state index in [1.807, 2.05) is 6.92 Å². The molecule has 0 atom stereocenters. The molecule has 7 heteroatoms. The van der Waals surface area contributed by atoms with Gasteiger partial charge in [-0.2, -0.15) is 0 Å². The van der Waals surface area contributed by atoms with Crippen LogP contribution in [0.4, 0.5) is 0 Å². The van der Waals surface area contributed by atoms with E-state index < -0.39 is 0 Å². The summed E-state index contributed by atoms with van der Waals surface area (Å²) in [6, 6.07) is 0. The first-order valence-electron chi connectivity index (χ1n) is 6.18. The van der Waals surface area contributed by atoms with Gasteiger partial charge in [-0.1, -0.05) is 25.6 Å². The maximum Gasteiger partial charge on any atom is 0.305 e. The van der Waals surface area contributed by atoms with Crippen LogP contribution in [0.3, 0.4) is 0 Å². The second kappa shape index (κ2) is 8.07. The molecule has 18 heavy (non-hydrogen) atoms. The van der Waals surface area contributed by atoms with Crippen molar-refractivity contribution in [2.24, 2.45) is 5.92 Å². The third-order valence-electron chi connectivity index (χ3n) is 2.10. The highest BCUT2D eigenvalue weighted by Gasteiger charge is 2.08. The van der Waals surface area contributed by atoms with Crippen molar-refractivity contribution in [3.8, 4) is 0 Å². The van der Waals surface area contributed by atoms with Gasteiger partial charge in [-0.3, -0.25) is 4.79 Å². The third kappa shape index (κ3) is 5.48. The van der Waals surface area contributed by atoms with Crippen LogP contribution < -0.4 is 0 Å². The van der Waals surface area contributed by atoms with Crippen LogP contribution in [-0.2, 0) is 16.1 Å². The molecule has 1 heterocycles. The number of hydrogen-bond donors (Lipinski definition) is 0. The smallest absolute Gasteiger partial charge is 0.305 e. The molecule has 1 aromatic heterocycles. The average molecular weight is 272 g/mol. The van der Waals surface area contributed by atoms with E-state index >= 15 is 0 Å². The first-order valence-corrected chi connectivity index (χ1v) is 7.16. The van der Waals surface area contributed by atoms with Gasteiger partial charge < -0.3 is 4.74 Å². The van der Waals surface area contributed by atoms with Crippen LogP contribution in [0.25, 0.3) is 0 Å². The molecular weight excluding hydrogens is 252 g/mol. The monoisotopic (exact) mass is 272 g/mol. The lowest BCUT2D eigenvalue weighted by Crippen LogP contribution is -2.08. The van der Waals surface area contributed by atoms with Gasteiger partial charge in [-0.25, -0.2) is 4.68 Å². The molecule has 0 unspecified atom stereocenters. The Bertz CT molecular complexity index is 368. The zero-order valence-electron chi connectivity index (χ0n) is 11.1. The first kappa shape index (κ1) is 14.9. The fourth-order valence-corrected chi connectivity index (χ4v) is 2.20. The molecule has 0 amide bonds. The van der Waals surface area contributed by atoms with Crippen LogP contribution in [0, 0.1) is 5.92 Å². The number of nitrogens with zero attached hydrogens (tertiary/aromatic N) is 4. The summed E-state index contributed by atoms with van der Waals surface area (Å²) in [5.41, 5.74) is 0. The molecule has 0 saturated carbocycles. The molecule has 0 aromatic carbocycles. The van der Waals surface area contributed by atoms with Gasteiger partial charge in [-0.15, -0.1) is 5.10 Å². The number of tetrazole rings is 1. The molecule has 0 aliphatic rings. The number of aromatic nitrogens is 4. The largest absolute Gasteiger partial charge is 0.466 e. The molecular formula is C11H20N4O2S. The molecule has 0 spiro atoms. The lowest BCUT2D eigenvalue weighted by atomic mass is 10.2. The number of thioether (sulfide) groups is 1. The maximum absolute atomic E-state index is 11.1. The fourth-order valence-electron chi connectivity index (χ4n) is 1.37. The molecule has 6 nitrogen and oxygen atoms in total. The van der Waals surface area contributed by atoms with Crippen LogP contribution in [0.1, 0.15) is 33.6 Å². The van der Waals surface area contributed by atoms with E-state index in [1.165, 1.54) is 0 Å². The molecule has 0 bridgehead atoms. The minimum Gasteiger partial charge on any atom is -0.466 e. The number of ether oxygens (including phenoxy) is 1. The Morgan fingerprint density at radius 2 is 2.28 bits per heavy atom. The van der Waals surface area contributed by atoms with Gasteiger partial charge in [0, 0.05) is 18.7 Å². The summed E-state index contributed by atoms with van der Waals surface area (Å²) in [7, 11) is 0. The van der Waals surface area contributed by atoms with E-state index in [9.17, 15) is 4.79 Å². The fraction of sp³-hybridized carbons (Fsp3) is 0.818. The van der Waals surface area contributed by atoms with E-state index in [0.29, 0.717) is 18.9 Å². The predicted octanol–water partition coefficient (Wildman–Crippen LogP) is 1.76. The summed E-state index contributed by atoms with van der Waals surface area (Å²) >= 11 is 1.57. The van der Waals surface area contributed by atoms with Crippen LogP contribution in [0.5, 0.6) is 0 Å². The summed E-state index contributed by atoms with van der Waals surface area (Å²) in [4.78, 5) is 11.1. The van der Waals surface area contributed by atoms with Crippen LogP contribution in [-0.4, -0.2) is 38.5 Å². The molecule has 0 aliphatic heterocycles. The van der Waals surface area contributed by atoms with Crippen molar-refractivity contribution in [3.05, 3.63) is 0 Å². The minimum atomic E-state index is -0.139. The average Bonchev–Trinajstić information content (AvgIpc) is 2.71. The van der Waals surface area contributed by atoms with Crippen LogP contribution >= 0.6 is 11.8 Å². The molecule has 1 aromatic rings. The van der Waals surface area contributed by atoms with Gasteiger partial charge in [0.1, 0.15) is 0 Å². The summed E-state index contributed by atoms with van der Waals surface area (Å²) in [5, 5.41) is 12.4. The normalized spacial score (nSPS) is 10.9. The van der Waals surface area contributed by atoms with Crippen molar-refractivity contribution in [2.45, 2.75) is 45.3 Å². The van der Waals surface area contributed by atoms with E-state index in [2.05, 4.69) is 29.4 Å². The van der Waals surface area contributed by atoms with Gasteiger partial charge >= 0.3 is 5.97 Å². The van der Waals surface area contributed by atoms with Gasteiger partial charge in [0.2, 0.25) is 5.16 Å². The standard InChI is InChI=1S/C11H20N4O2S/c1-4-17-10(16)6-5-7-18-11-12-13-14-15(11)8-9(2)3/h9H,4-8H2,1-3H3. The van der Waals surface area contributed by atoms with E-state index in [4.69, 9.17) is 4.74 Å². The van der Waals surface area contributed by atoms with Crippen molar-refractivity contribution in [1.82, 2.24) is 20.2 Å². The molecule has 0 fully saturated rings. The predicted molar refractivity (Wildman–Crippen MR) is 69.2 cm³/mol. The number of carbonyl (C=O) groups is 1. The number of esters is 1. The Morgan fingerprint density at radius 1 is 1.50 bits per heavy atom. The van der Waals surface area contributed by atoms with Gasteiger partial charge in [0.05, 0.1) is 6.61 Å². The highest BCUT2D eigenvalue weighted by molar-refractivity contribution is 7.99. The zero-order valence-corrected chi connectivity index (χ0v) is 11.9. The number of rotatable bonds is 8. The first-order chi connectivity index (χ1) is 8.63. The van der Waals surface area contributed by atoms with Crippen molar-refractivity contribution >= 4 is 17.7 Å². The molecule has 0 radical (unpaired) electrons. The third-order valence-corrected chi connectivity index (χ3v) is 3.14. The Labute approximate surface area is 111 Å². The Hall–Kier alpha value is -1.11. The summed E-state index contributed by atoms with van der Waals surface area (Å²) in [6.45, 7) is 7.31. The van der Waals surface area contributed by atoms with Crippen LogP contribution in [0.15, 0.2) is 5.16 Å². The van der Waals surface area contributed by atoms with Gasteiger partial charge in [-0.05, 0) is 29.7 Å². The van der Waals surface area contributed by atoms with Crippen molar-refractivity contribution in [3.63, 3.8) is 0 Å². The SMILES string of the molecule is CCOC(=O)CCCSc1nnnn1CC(C)C. The summed E-state index contributed by atoms with van der Waals surface area (Å²) in [6.07, 6.45) is 1.23. The molecule has 0 aliphatic carbocycles. The highest BCUT2D eigenvalue weighted by atomic mass is 32.2. The summed E-state index contributed by atoms with van der Waals surface area (Å²) < 4.78 is 6.67. The molecule has 1 rings (SSSR count). The Balaban J connectivity index is 2.27. The maximum atomic E-state index is 11.1. The van der Waals surface area contributed by atoms with E-state index in [-0.39, 0.29) is 5.97 Å². The van der Waals surface area contributed by atoms with E-state index in [0.717, 1.165) is 23.9 Å². The second-order valence-electron chi connectivity index (χ2n) is 4.29. The topological polar surface area (TPSA) is 69.9 Å². The Morgan fingerprint density at radius 3 is 2.94 bits per heavy atom. The lowest BCUT2D eigenvalue weighted by molar-refractivity contribution is -0.143. The molecule has 0 N–H and O–H groups in total. The van der Waals surface area contributed by atoms with Crippen molar-refractivity contribution < 1.29 is 9.53 Å². The van der Waals surface area contributed by atoms with E-state index in [1.54, 1.807) is 16.4 Å². The lowest BCUT2D eigenvalue weighted by Gasteiger charge is -2.06. The van der Waals surface area contributed by atoms with Gasteiger partial charge in [0.25, 0.3) is 0 Å². The highest BCUT2D eigenvalue weighted by Crippen LogP contribution is 2.16. The number of carbonyl (C=O) groups excluding carboxylic acids is 1. The molecule has 102 valence electrons. The molecule has 0 saturated heterocycles. The zero-order chi connectivity index (χ0) is 13.4.